The van der Waals surface area contributed by atoms with E-state index in [9.17, 15) is 0 Å². The smallest absolute Gasteiger partial charge is 0.229 e. The van der Waals surface area contributed by atoms with Gasteiger partial charge in [0, 0.05) is 49.6 Å². The number of nitrogens with one attached hydrogen (secondary N) is 1. The van der Waals surface area contributed by atoms with Gasteiger partial charge in [0.2, 0.25) is 5.95 Å². The third-order valence-corrected chi connectivity index (χ3v) is 4.90. The molecule has 1 fully saturated rings. The van der Waals surface area contributed by atoms with Gasteiger partial charge in [-0.3, -0.25) is 4.90 Å². The minimum absolute atomic E-state index is 0.585. The molecule has 1 N–H and O–H groups in total. The van der Waals surface area contributed by atoms with Crippen LogP contribution in [0, 0.1) is 0 Å². The summed E-state index contributed by atoms with van der Waals surface area (Å²) in [6.07, 6.45) is 1.80. The molecule has 27 heavy (non-hydrogen) atoms. The highest BCUT2D eigenvalue weighted by Crippen LogP contribution is 2.20. The van der Waals surface area contributed by atoms with Crippen LogP contribution in [0.1, 0.15) is 5.56 Å². The summed E-state index contributed by atoms with van der Waals surface area (Å²) in [5.41, 5.74) is 2.24. The third kappa shape index (κ3) is 4.76. The molecule has 0 spiro atoms. The van der Waals surface area contributed by atoms with E-state index in [0.29, 0.717) is 11.0 Å². The van der Waals surface area contributed by atoms with Crippen molar-refractivity contribution in [3.05, 3.63) is 77.4 Å². The first-order valence-electron chi connectivity index (χ1n) is 9.13. The number of piperazine rings is 1. The lowest BCUT2D eigenvalue weighted by molar-refractivity contribution is 0.249. The van der Waals surface area contributed by atoms with Crippen LogP contribution < -0.4 is 10.2 Å². The van der Waals surface area contributed by atoms with E-state index in [1.54, 1.807) is 6.20 Å². The summed E-state index contributed by atoms with van der Waals surface area (Å²) in [4.78, 5) is 13.8. The van der Waals surface area contributed by atoms with Crippen LogP contribution in [0.5, 0.6) is 0 Å². The van der Waals surface area contributed by atoms with Crippen molar-refractivity contribution in [3.63, 3.8) is 0 Å². The molecule has 0 bridgehead atoms. The quantitative estimate of drug-likeness (QED) is 0.719. The Balaban J connectivity index is 1.37. The SMILES string of the molecule is Clc1cccc(Nc2nccc(N3CCN(Cc4ccccc4)CC3)n2)c1. The van der Waals surface area contributed by atoms with E-state index >= 15 is 0 Å². The van der Waals surface area contributed by atoms with E-state index in [1.165, 1.54) is 5.56 Å². The fourth-order valence-corrected chi connectivity index (χ4v) is 3.45. The molecule has 0 radical (unpaired) electrons. The van der Waals surface area contributed by atoms with Gasteiger partial charge < -0.3 is 10.2 Å². The van der Waals surface area contributed by atoms with E-state index in [4.69, 9.17) is 11.6 Å². The Morgan fingerprint density at radius 1 is 0.926 bits per heavy atom. The zero-order valence-corrected chi connectivity index (χ0v) is 15.8. The first-order valence-corrected chi connectivity index (χ1v) is 9.51. The largest absolute Gasteiger partial charge is 0.354 e. The van der Waals surface area contributed by atoms with Crippen LogP contribution in [0.15, 0.2) is 66.9 Å². The van der Waals surface area contributed by atoms with Crippen LogP contribution in [0.4, 0.5) is 17.5 Å². The van der Waals surface area contributed by atoms with E-state index in [2.05, 4.69) is 55.4 Å². The van der Waals surface area contributed by atoms with Gasteiger partial charge in [-0.15, -0.1) is 0 Å². The molecular weight excluding hydrogens is 358 g/mol. The molecule has 0 amide bonds. The lowest BCUT2D eigenvalue weighted by atomic mass is 10.2. The minimum Gasteiger partial charge on any atom is -0.354 e. The van der Waals surface area contributed by atoms with Crippen molar-refractivity contribution < 1.29 is 0 Å². The maximum atomic E-state index is 6.04. The highest BCUT2D eigenvalue weighted by atomic mass is 35.5. The van der Waals surface area contributed by atoms with Crippen LogP contribution in [0.3, 0.4) is 0 Å². The average molecular weight is 380 g/mol. The van der Waals surface area contributed by atoms with E-state index in [1.807, 2.05) is 30.3 Å². The van der Waals surface area contributed by atoms with Gasteiger partial charge in [0.05, 0.1) is 0 Å². The number of hydrogen-bond acceptors (Lipinski definition) is 5. The van der Waals surface area contributed by atoms with E-state index < -0.39 is 0 Å². The second-order valence-electron chi connectivity index (χ2n) is 6.62. The van der Waals surface area contributed by atoms with Crippen molar-refractivity contribution in [3.8, 4) is 0 Å². The highest BCUT2D eigenvalue weighted by molar-refractivity contribution is 6.30. The van der Waals surface area contributed by atoms with Gasteiger partial charge in [-0.2, -0.15) is 4.98 Å². The summed E-state index contributed by atoms with van der Waals surface area (Å²) in [6.45, 7) is 4.97. The van der Waals surface area contributed by atoms with E-state index in [-0.39, 0.29) is 0 Å². The van der Waals surface area contributed by atoms with Crippen LogP contribution in [0.2, 0.25) is 5.02 Å². The molecule has 5 nitrogen and oxygen atoms in total. The van der Waals surface area contributed by atoms with Gasteiger partial charge in [-0.1, -0.05) is 48.0 Å². The molecule has 6 heteroatoms. The second-order valence-corrected chi connectivity index (χ2v) is 7.06. The molecule has 1 aliphatic rings. The van der Waals surface area contributed by atoms with Crippen molar-refractivity contribution in [2.45, 2.75) is 6.54 Å². The molecule has 2 aromatic carbocycles. The summed E-state index contributed by atoms with van der Waals surface area (Å²) < 4.78 is 0. The summed E-state index contributed by atoms with van der Waals surface area (Å²) in [5.74, 6) is 1.54. The lowest BCUT2D eigenvalue weighted by Crippen LogP contribution is -2.46. The lowest BCUT2D eigenvalue weighted by Gasteiger charge is -2.35. The maximum absolute atomic E-state index is 6.04. The van der Waals surface area contributed by atoms with Crippen LogP contribution >= 0.6 is 11.6 Å². The molecule has 0 saturated carbocycles. The van der Waals surface area contributed by atoms with Gasteiger partial charge >= 0.3 is 0 Å². The molecule has 0 atom stereocenters. The van der Waals surface area contributed by atoms with Crippen LogP contribution in [0.25, 0.3) is 0 Å². The fourth-order valence-electron chi connectivity index (χ4n) is 3.26. The number of anilines is 3. The molecule has 1 saturated heterocycles. The molecular formula is C21H22ClN5. The van der Waals surface area contributed by atoms with Crippen molar-refractivity contribution in [2.24, 2.45) is 0 Å². The average Bonchev–Trinajstić information content (AvgIpc) is 2.70. The molecule has 1 aliphatic heterocycles. The van der Waals surface area contributed by atoms with Crippen LogP contribution in [-0.2, 0) is 6.54 Å². The van der Waals surface area contributed by atoms with Gasteiger partial charge in [-0.25, -0.2) is 4.98 Å². The Kier molecular flexibility index (Phi) is 5.51. The van der Waals surface area contributed by atoms with Crippen molar-refractivity contribution in [2.75, 3.05) is 36.4 Å². The van der Waals surface area contributed by atoms with E-state index in [0.717, 1.165) is 44.2 Å². The molecule has 0 aliphatic carbocycles. The Morgan fingerprint density at radius 3 is 2.52 bits per heavy atom. The number of hydrogen-bond donors (Lipinski definition) is 1. The monoisotopic (exact) mass is 379 g/mol. The molecule has 0 unspecified atom stereocenters. The van der Waals surface area contributed by atoms with Crippen molar-refractivity contribution >= 4 is 29.1 Å². The molecule has 138 valence electrons. The molecule has 4 rings (SSSR count). The fraction of sp³-hybridized carbons (Fsp3) is 0.238. The number of halogens is 1. The number of benzene rings is 2. The third-order valence-electron chi connectivity index (χ3n) is 4.67. The Morgan fingerprint density at radius 2 is 1.74 bits per heavy atom. The first-order chi connectivity index (χ1) is 13.3. The number of aromatic nitrogens is 2. The van der Waals surface area contributed by atoms with Gasteiger partial charge in [0.25, 0.3) is 0 Å². The highest BCUT2D eigenvalue weighted by Gasteiger charge is 2.18. The van der Waals surface area contributed by atoms with Crippen molar-refractivity contribution in [1.29, 1.82) is 0 Å². The molecule has 1 aromatic heterocycles. The van der Waals surface area contributed by atoms with Gasteiger partial charge in [0.1, 0.15) is 5.82 Å². The molecule has 2 heterocycles. The van der Waals surface area contributed by atoms with Gasteiger partial charge in [-0.05, 0) is 29.8 Å². The predicted molar refractivity (Wildman–Crippen MR) is 111 cm³/mol. The summed E-state index contributed by atoms with van der Waals surface area (Å²) >= 11 is 6.04. The minimum atomic E-state index is 0.585. The zero-order valence-electron chi connectivity index (χ0n) is 15.1. The summed E-state index contributed by atoms with van der Waals surface area (Å²) in [6, 6.07) is 20.2. The van der Waals surface area contributed by atoms with Crippen molar-refractivity contribution in [1.82, 2.24) is 14.9 Å². The predicted octanol–water partition coefficient (Wildman–Crippen LogP) is 4.20. The normalized spacial score (nSPS) is 14.9. The first kappa shape index (κ1) is 17.8. The summed E-state index contributed by atoms with van der Waals surface area (Å²) in [5, 5.41) is 3.91. The Hall–Kier alpha value is -2.63. The topological polar surface area (TPSA) is 44.3 Å². The Labute approximate surface area is 164 Å². The molecule has 3 aromatic rings. The standard InChI is InChI=1S/C21H22ClN5/c22-18-7-4-8-19(15-18)24-21-23-10-9-20(25-21)27-13-11-26(12-14-27)16-17-5-2-1-3-6-17/h1-10,15H,11-14,16H2,(H,23,24,25). The maximum Gasteiger partial charge on any atom is 0.229 e. The van der Waals surface area contributed by atoms with Crippen LogP contribution in [-0.4, -0.2) is 41.0 Å². The second kappa shape index (κ2) is 8.37. The summed E-state index contributed by atoms with van der Waals surface area (Å²) in [7, 11) is 0. The Bertz CT molecular complexity index is 879. The zero-order chi connectivity index (χ0) is 18.5. The number of nitrogens with zero attached hydrogens (tertiary/aromatic N) is 4. The number of rotatable bonds is 5. The van der Waals surface area contributed by atoms with Gasteiger partial charge in [0.15, 0.2) is 0 Å².